The first-order chi connectivity index (χ1) is 7.06. The zero-order chi connectivity index (χ0) is 11.4. The highest BCUT2D eigenvalue weighted by Gasteiger charge is 2.13. The Labute approximate surface area is 96.2 Å². The fourth-order valence-electron chi connectivity index (χ4n) is 1.32. The van der Waals surface area contributed by atoms with Crippen LogP contribution in [0.4, 0.5) is 0 Å². The normalized spacial score (nSPS) is 13.8. The van der Waals surface area contributed by atoms with Crippen molar-refractivity contribution in [3.8, 4) is 0 Å². The molecule has 0 fully saturated rings. The van der Waals surface area contributed by atoms with Crippen molar-refractivity contribution in [3.63, 3.8) is 0 Å². The van der Waals surface area contributed by atoms with E-state index in [-0.39, 0.29) is 0 Å². The van der Waals surface area contributed by atoms with Crippen LogP contribution in [0.5, 0.6) is 0 Å². The molecule has 0 N–H and O–H groups in total. The molecule has 0 radical (unpaired) electrons. The van der Waals surface area contributed by atoms with Crippen molar-refractivity contribution in [1.29, 1.82) is 0 Å². The van der Waals surface area contributed by atoms with Crippen LogP contribution in [-0.4, -0.2) is 38.6 Å². The molecule has 0 bridgehead atoms. The molecule has 0 aromatic carbocycles. The number of aromatic nitrogens is 3. The minimum atomic E-state index is 0.349. The third kappa shape index (κ3) is 3.18. The van der Waals surface area contributed by atoms with Gasteiger partial charge >= 0.3 is 0 Å². The molecule has 1 aromatic heterocycles. The van der Waals surface area contributed by atoms with E-state index in [1.165, 1.54) is 0 Å². The summed E-state index contributed by atoms with van der Waals surface area (Å²) < 4.78 is 1.94. The Kier molecular flexibility index (Phi) is 4.54. The molecule has 15 heavy (non-hydrogen) atoms. The molecular weight excluding hydrogens is 212 g/mol. The van der Waals surface area contributed by atoms with Crippen LogP contribution < -0.4 is 0 Å². The van der Waals surface area contributed by atoms with Crippen molar-refractivity contribution in [2.75, 3.05) is 12.9 Å². The fraction of sp³-hybridized carbons (Fsp3) is 0.800. The van der Waals surface area contributed by atoms with Gasteiger partial charge in [-0.2, -0.15) is 5.10 Å². The highest BCUT2D eigenvalue weighted by molar-refractivity contribution is 6.18. The summed E-state index contributed by atoms with van der Waals surface area (Å²) in [6.07, 6.45) is 1.61. The summed E-state index contributed by atoms with van der Waals surface area (Å²) in [7, 11) is 2.05. The monoisotopic (exact) mass is 230 g/mol. The lowest BCUT2D eigenvalue weighted by molar-refractivity contribution is 0.254. The van der Waals surface area contributed by atoms with Gasteiger partial charge in [-0.1, -0.05) is 0 Å². The molecule has 4 nitrogen and oxygen atoms in total. The van der Waals surface area contributed by atoms with E-state index < -0.39 is 0 Å². The zero-order valence-electron chi connectivity index (χ0n) is 9.81. The summed E-state index contributed by atoms with van der Waals surface area (Å²) in [5.74, 6) is 1.62. The number of hydrogen-bond acceptors (Lipinski definition) is 3. The van der Waals surface area contributed by atoms with E-state index >= 15 is 0 Å². The average Bonchev–Trinajstić information content (AvgIpc) is 2.64. The Morgan fingerprint density at radius 2 is 2.13 bits per heavy atom. The molecular formula is C10H19ClN4. The Morgan fingerprint density at radius 3 is 2.67 bits per heavy atom. The molecule has 1 unspecified atom stereocenters. The predicted octanol–water partition coefficient (Wildman–Crippen LogP) is 1.92. The van der Waals surface area contributed by atoms with Crippen molar-refractivity contribution in [3.05, 3.63) is 12.2 Å². The SMILES string of the molecule is CC(CCl)N(C)Cc1ncnn1C(C)C. The highest BCUT2D eigenvalue weighted by atomic mass is 35.5. The molecule has 0 aliphatic rings. The second kappa shape index (κ2) is 5.47. The largest absolute Gasteiger partial charge is 0.295 e. The van der Waals surface area contributed by atoms with Gasteiger partial charge in [0.2, 0.25) is 0 Å². The van der Waals surface area contributed by atoms with Crippen LogP contribution in [-0.2, 0) is 6.54 Å². The molecule has 1 aromatic rings. The van der Waals surface area contributed by atoms with E-state index in [4.69, 9.17) is 11.6 Å². The quantitative estimate of drug-likeness (QED) is 0.725. The van der Waals surface area contributed by atoms with Crippen molar-refractivity contribution >= 4 is 11.6 Å². The minimum Gasteiger partial charge on any atom is -0.295 e. The summed E-state index contributed by atoms with van der Waals surface area (Å²) >= 11 is 5.80. The molecule has 0 saturated heterocycles. The van der Waals surface area contributed by atoms with Crippen LogP contribution >= 0.6 is 11.6 Å². The van der Waals surface area contributed by atoms with Crippen molar-refractivity contribution in [2.24, 2.45) is 0 Å². The van der Waals surface area contributed by atoms with Crippen molar-refractivity contribution in [2.45, 2.75) is 39.4 Å². The van der Waals surface area contributed by atoms with Crippen LogP contribution in [0.3, 0.4) is 0 Å². The minimum absolute atomic E-state index is 0.349. The molecule has 0 aliphatic carbocycles. The van der Waals surface area contributed by atoms with E-state index in [0.717, 1.165) is 12.4 Å². The average molecular weight is 231 g/mol. The maximum absolute atomic E-state index is 5.80. The lowest BCUT2D eigenvalue weighted by atomic mass is 10.3. The topological polar surface area (TPSA) is 34.0 Å². The highest BCUT2D eigenvalue weighted by Crippen LogP contribution is 2.09. The molecule has 0 amide bonds. The van der Waals surface area contributed by atoms with E-state index in [1.807, 2.05) is 11.7 Å². The number of rotatable bonds is 5. The first-order valence-electron chi connectivity index (χ1n) is 5.20. The Hall–Kier alpha value is -0.610. The van der Waals surface area contributed by atoms with Gasteiger partial charge in [0.25, 0.3) is 0 Å². The van der Waals surface area contributed by atoms with Crippen LogP contribution in [0, 0.1) is 0 Å². The first-order valence-corrected chi connectivity index (χ1v) is 5.74. The number of halogens is 1. The summed E-state index contributed by atoms with van der Waals surface area (Å²) in [6.45, 7) is 7.08. The summed E-state index contributed by atoms with van der Waals surface area (Å²) in [5.41, 5.74) is 0. The third-order valence-corrected chi connectivity index (χ3v) is 2.95. The molecule has 0 saturated carbocycles. The zero-order valence-corrected chi connectivity index (χ0v) is 10.6. The van der Waals surface area contributed by atoms with E-state index in [0.29, 0.717) is 18.0 Å². The van der Waals surface area contributed by atoms with Gasteiger partial charge in [0.15, 0.2) is 0 Å². The number of nitrogens with zero attached hydrogens (tertiary/aromatic N) is 4. The Bertz CT molecular complexity index is 297. The lowest BCUT2D eigenvalue weighted by Crippen LogP contribution is -2.31. The maximum Gasteiger partial charge on any atom is 0.141 e. The van der Waals surface area contributed by atoms with Gasteiger partial charge in [0.1, 0.15) is 12.2 Å². The van der Waals surface area contributed by atoms with Crippen molar-refractivity contribution in [1.82, 2.24) is 19.7 Å². The standard InChI is InChI=1S/C10H19ClN4/c1-8(2)15-10(12-7-13-15)6-14(4)9(3)5-11/h7-9H,5-6H2,1-4H3. The summed E-state index contributed by atoms with van der Waals surface area (Å²) in [4.78, 5) is 6.44. The summed E-state index contributed by atoms with van der Waals surface area (Å²) in [5, 5.41) is 4.20. The molecule has 1 atom stereocenters. The van der Waals surface area contributed by atoms with E-state index in [2.05, 4.69) is 35.8 Å². The molecule has 0 aliphatic heterocycles. The first kappa shape index (κ1) is 12.5. The third-order valence-electron chi connectivity index (χ3n) is 2.50. The molecule has 1 rings (SSSR count). The molecule has 1 heterocycles. The summed E-state index contributed by atoms with van der Waals surface area (Å²) in [6, 6.07) is 0.700. The van der Waals surface area contributed by atoms with Gasteiger partial charge < -0.3 is 0 Å². The lowest BCUT2D eigenvalue weighted by Gasteiger charge is -2.22. The maximum atomic E-state index is 5.80. The molecule has 5 heteroatoms. The predicted molar refractivity (Wildman–Crippen MR) is 62.1 cm³/mol. The molecule has 86 valence electrons. The van der Waals surface area contributed by atoms with Crippen molar-refractivity contribution < 1.29 is 0 Å². The van der Waals surface area contributed by atoms with Gasteiger partial charge in [-0.05, 0) is 27.8 Å². The number of alkyl halides is 1. The van der Waals surface area contributed by atoms with Crippen LogP contribution in [0.1, 0.15) is 32.6 Å². The van der Waals surface area contributed by atoms with Crippen LogP contribution in [0.25, 0.3) is 0 Å². The Morgan fingerprint density at radius 1 is 1.47 bits per heavy atom. The van der Waals surface area contributed by atoms with Gasteiger partial charge in [-0.15, -0.1) is 11.6 Å². The Balaban J connectivity index is 2.67. The van der Waals surface area contributed by atoms with Crippen LogP contribution in [0.2, 0.25) is 0 Å². The van der Waals surface area contributed by atoms with Gasteiger partial charge in [0.05, 0.1) is 6.54 Å². The smallest absolute Gasteiger partial charge is 0.141 e. The van der Waals surface area contributed by atoms with Gasteiger partial charge in [0, 0.05) is 18.0 Å². The van der Waals surface area contributed by atoms with E-state index in [9.17, 15) is 0 Å². The van der Waals surface area contributed by atoms with Gasteiger partial charge in [-0.25, -0.2) is 9.67 Å². The second-order valence-electron chi connectivity index (χ2n) is 4.13. The van der Waals surface area contributed by atoms with Gasteiger partial charge in [-0.3, -0.25) is 4.90 Å². The van der Waals surface area contributed by atoms with E-state index in [1.54, 1.807) is 6.33 Å². The fourth-order valence-corrected chi connectivity index (χ4v) is 1.55. The number of hydrogen-bond donors (Lipinski definition) is 0. The van der Waals surface area contributed by atoms with Crippen LogP contribution in [0.15, 0.2) is 6.33 Å². The second-order valence-corrected chi connectivity index (χ2v) is 4.44. The molecule has 0 spiro atoms.